The predicted octanol–water partition coefficient (Wildman–Crippen LogP) is 1.44. The van der Waals surface area contributed by atoms with Crippen molar-refractivity contribution >= 4 is 20.8 Å². The van der Waals surface area contributed by atoms with Crippen LogP contribution in [0.1, 0.15) is 5.69 Å². The molecule has 0 spiro atoms. The Balaban J connectivity index is 1.97. The molecule has 3 rings (SSSR count). The molecule has 0 saturated carbocycles. The van der Waals surface area contributed by atoms with Crippen LogP contribution in [0.4, 0.5) is 0 Å². The number of rotatable bonds is 4. The number of sulfonamides is 1. The molecule has 2 aromatic heterocycles. The Hall–Kier alpha value is -2.25. The fourth-order valence-electron chi connectivity index (χ4n) is 1.96. The van der Waals surface area contributed by atoms with Crippen molar-refractivity contribution in [1.82, 2.24) is 19.9 Å². The smallest absolute Gasteiger partial charge is 0.241 e. The fraction of sp³-hybridized carbons (Fsp3) is 0.0769. The summed E-state index contributed by atoms with van der Waals surface area (Å²) in [7, 11) is -3.59. The van der Waals surface area contributed by atoms with Gasteiger partial charge in [0.15, 0.2) is 0 Å². The van der Waals surface area contributed by atoms with Gasteiger partial charge in [-0.2, -0.15) is 5.10 Å². The van der Waals surface area contributed by atoms with Gasteiger partial charge in [-0.1, -0.05) is 12.1 Å². The second kappa shape index (κ2) is 5.03. The first-order valence-electron chi connectivity index (χ1n) is 5.97. The van der Waals surface area contributed by atoms with Gasteiger partial charge in [0.05, 0.1) is 17.1 Å². The molecule has 20 heavy (non-hydrogen) atoms. The van der Waals surface area contributed by atoms with Gasteiger partial charge in [-0.25, -0.2) is 13.1 Å². The molecule has 2 N–H and O–H groups in total. The van der Waals surface area contributed by atoms with Gasteiger partial charge in [0.25, 0.3) is 0 Å². The lowest BCUT2D eigenvalue weighted by Gasteiger charge is -2.08. The Morgan fingerprint density at radius 3 is 2.85 bits per heavy atom. The first kappa shape index (κ1) is 12.8. The summed E-state index contributed by atoms with van der Waals surface area (Å²) in [6.45, 7) is 0.170. The van der Waals surface area contributed by atoms with E-state index in [9.17, 15) is 8.42 Å². The molecule has 0 aliphatic carbocycles. The third-order valence-corrected chi connectivity index (χ3v) is 4.40. The van der Waals surface area contributed by atoms with Crippen molar-refractivity contribution < 1.29 is 8.42 Å². The average Bonchev–Trinajstić information content (AvgIpc) is 2.98. The molecular formula is C13H12N4O2S. The minimum absolute atomic E-state index is 0.170. The lowest BCUT2D eigenvalue weighted by Crippen LogP contribution is -2.23. The van der Waals surface area contributed by atoms with Crippen molar-refractivity contribution in [3.8, 4) is 0 Å². The van der Waals surface area contributed by atoms with Crippen LogP contribution in [0, 0.1) is 0 Å². The van der Waals surface area contributed by atoms with Crippen LogP contribution in [0.5, 0.6) is 0 Å². The van der Waals surface area contributed by atoms with Crippen LogP contribution in [-0.4, -0.2) is 23.6 Å². The normalized spacial score (nSPS) is 11.8. The number of fused-ring (bicyclic) bond motifs is 1. The summed E-state index contributed by atoms with van der Waals surface area (Å²) < 4.78 is 27.3. The lowest BCUT2D eigenvalue weighted by molar-refractivity contribution is 0.581. The van der Waals surface area contributed by atoms with E-state index >= 15 is 0 Å². The Kier molecular flexibility index (Phi) is 3.21. The van der Waals surface area contributed by atoms with Crippen molar-refractivity contribution in [2.24, 2.45) is 0 Å². The molecule has 7 heteroatoms. The zero-order valence-electron chi connectivity index (χ0n) is 10.4. The molecule has 3 aromatic rings. The average molecular weight is 288 g/mol. The molecule has 0 atom stereocenters. The first-order valence-corrected chi connectivity index (χ1v) is 7.46. The molecule has 0 radical (unpaired) electrons. The van der Waals surface area contributed by atoms with Gasteiger partial charge in [-0.3, -0.25) is 10.1 Å². The predicted molar refractivity (Wildman–Crippen MR) is 74.4 cm³/mol. The summed E-state index contributed by atoms with van der Waals surface area (Å²) in [5, 5.41) is 7.93. The largest absolute Gasteiger partial charge is 0.281 e. The number of nitrogens with zero attached hydrogens (tertiary/aromatic N) is 2. The maximum Gasteiger partial charge on any atom is 0.241 e. The monoisotopic (exact) mass is 288 g/mol. The van der Waals surface area contributed by atoms with E-state index in [1.165, 1.54) is 0 Å². The molecule has 2 heterocycles. The van der Waals surface area contributed by atoms with E-state index in [1.807, 2.05) is 6.07 Å². The second-order valence-electron chi connectivity index (χ2n) is 4.26. The molecule has 0 unspecified atom stereocenters. The van der Waals surface area contributed by atoms with E-state index < -0.39 is 10.0 Å². The standard InChI is InChI=1S/C13H12N4O2S/c18-20(19,16-9-11-4-7-15-17-11)13-3-1-2-10-8-14-6-5-12(10)13/h1-8,16H,9H2,(H,15,17). The number of H-pyrrole nitrogens is 1. The maximum atomic E-state index is 12.4. The highest BCUT2D eigenvalue weighted by Gasteiger charge is 2.16. The zero-order chi connectivity index (χ0) is 14.0. The molecule has 102 valence electrons. The summed E-state index contributed by atoms with van der Waals surface area (Å²) in [5.74, 6) is 0. The Labute approximate surface area is 115 Å². The van der Waals surface area contributed by atoms with Gasteiger partial charge >= 0.3 is 0 Å². The van der Waals surface area contributed by atoms with E-state index in [4.69, 9.17) is 0 Å². The van der Waals surface area contributed by atoms with E-state index in [-0.39, 0.29) is 11.4 Å². The van der Waals surface area contributed by atoms with Crippen LogP contribution in [0.3, 0.4) is 0 Å². The van der Waals surface area contributed by atoms with Gasteiger partial charge in [-0.15, -0.1) is 0 Å². The molecule has 0 fully saturated rings. The van der Waals surface area contributed by atoms with Crippen molar-refractivity contribution in [3.05, 3.63) is 54.6 Å². The number of aromatic amines is 1. The van der Waals surface area contributed by atoms with Crippen LogP contribution in [-0.2, 0) is 16.6 Å². The Morgan fingerprint density at radius 1 is 1.15 bits per heavy atom. The maximum absolute atomic E-state index is 12.4. The van der Waals surface area contributed by atoms with Crippen LogP contribution in [0.25, 0.3) is 10.8 Å². The topological polar surface area (TPSA) is 87.7 Å². The quantitative estimate of drug-likeness (QED) is 0.760. The molecule has 6 nitrogen and oxygen atoms in total. The van der Waals surface area contributed by atoms with Gasteiger partial charge in [0, 0.05) is 29.4 Å². The minimum Gasteiger partial charge on any atom is -0.281 e. The third kappa shape index (κ3) is 2.40. The highest BCUT2D eigenvalue weighted by Crippen LogP contribution is 2.21. The fourth-order valence-corrected chi connectivity index (χ4v) is 3.19. The van der Waals surface area contributed by atoms with Gasteiger partial charge in [-0.05, 0) is 18.2 Å². The number of hydrogen-bond donors (Lipinski definition) is 2. The van der Waals surface area contributed by atoms with E-state index in [1.54, 1.807) is 42.9 Å². The van der Waals surface area contributed by atoms with Gasteiger partial charge in [0.2, 0.25) is 10.0 Å². The van der Waals surface area contributed by atoms with Crippen molar-refractivity contribution in [3.63, 3.8) is 0 Å². The van der Waals surface area contributed by atoms with Gasteiger partial charge in [0.1, 0.15) is 0 Å². The molecule has 0 saturated heterocycles. The molecule has 0 aliphatic rings. The SMILES string of the molecule is O=S(=O)(NCc1ccn[nH]1)c1cccc2cnccc12. The van der Waals surface area contributed by atoms with Crippen molar-refractivity contribution in [2.45, 2.75) is 11.4 Å². The van der Waals surface area contributed by atoms with Crippen molar-refractivity contribution in [2.75, 3.05) is 0 Å². The lowest BCUT2D eigenvalue weighted by atomic mass is 10.2. The van der Waals surface area contributed by atoms with Crippen LogP contribution < -0.4 is 4.72 Å². The van der Waals surface area contributed by atoms with Crippen LogP contribution >= 0.6 is 0 Å². The Morgan fingerprint density at radius 2 is 2.05 bits per heavy atom. The summed E-state index contributed by atoms with van der Waals surface area (Å²) >= 11 is 0. The Bertz CT molecular complexity index is 823. The molecular weight excluding hydrogens is 276 g/mol. The number of pyridine rings is 1. The van der Waals surface area contributed by atoms with Crippen LogP contribution in [0.15, 0.2) is 53.8 Å². The minimum atomic E-state index is -3.59. The molecule has 0 bridgehead atoms. The summed E-state index contributed by atoms with van der Waals surface area (Å²) in [5.41, 5.74) is 0.704. The van der Waals surface area contributed by atoms with Crippen molar-refractivity contribution in [1.29, 1.82) is 0 Å². The number of hydrogen-bond acceptors (Lipinski definition) is 4. The highest BCUT2D eigenvalue weighted by molar-refractivity contribution is 7.89. The zero-order valence-corrected chi connectivity index (χ0v) is 11.3. The first-order chi connectivity index (χ1) is 9.67. The number of nitrogens with one attached hydrogen (secondary N) is 2. The highest BCUT2D eigenvalue weighted by atomic mass is 32.2. The second-order valence-corrected chi connectivity index (χ2v) is 5.99. The summed E-state index contributed by atoms with van der Waals surface area (Å²) in [6.07, 6.45) is 4.80. The van der Waals surface area contributed by atoms with E-state index in [0.29, 0.717) is 11.1 Å². The number of aromatic nitrogens is 3. The summed E-state index contributed by atoms with van der Waals surface area (Å²) in [4.78, 5) is 4.24. The molecule has 0 aliphatic heterocycles. The molecule has 0 amide bonds. The summed E-state index contributed by atoms with van der Waals surface area (Å²) in [6, 6.07) is 8.53. The van der Waals surface area contributed by atoms with Gasteiger partial charge < -0.3 is 0 Å². The number of benzene rings is 1. The molecule has 1 aromatic carbocycles. The van der Waals surface area contributed by atoms with E-state index in [2.05, 4.69) is 19.9 Å². The van der Waals surface area contributed by atoms with E-state index in [0.717, 1.165) is 5.39 Å². The van der Waals surface area contributed by atoms with Crippen LogP contribution in [0.2, 0.25) is 0 Å². The third-order valence-electron chi connectivity index (χ3n) is 2.94.